The fraction of sp³-hybridized carbons (Fsp3) is 0.368. The van der Waals surface area contributed by atoms with Gasteiger partial charge in [0.25, 0.3) is 5.56 Å². The number of benzene rings is 1. The Labute approximate surface area is 166 Å². The smallest absolute Gasteiger partial charge is 0.341 e. The van der Waals surface area contributed by atoms with E-state index in [1.807, 2.05) is 0 Å². The summed E-state index contributed by atoms with van der Waals surface area (Å²) in [6.45, 7) is 2.45. The Morgan fingerprint density at radius 3 is 2.59 bits per heavy atom. The second-order valence-electron chi connectivity index (χ2n) is 6.01. The standard InChI is InChI=1S/C19H22N4O6/c1-5-29-19(25)11-9-20-23(10-11)7-6-14-21-12-8-13(26-2)16(27-3)17(28-4)15(12)18(24)22-14/h8-10H,5-7H2,1-4H3,(H,21,22,24). The number of aromatic amines is 1. The van der Waals surface area contributed by atoms with Crippen molar-refractivity contribution in [1.82, 2.24) is 19.7 Å². The van der Waals surface area contributed by atoms with E-state index in [1.165, 1.54) is 27.5 Å². The maximum atomic E-state index is 12.7. The Kier molecular flexibility index (Phi) is 6.01. The predicted octanol–water partition coefficient (Wildman–Crippen LogP) is 1.56. The molecule has 1 N–H and O–H groups in total. The van der Waals surface area contributed by atoms with Crippen molar-refractivity contribution in [3.05, 3.63) is 40.2 Å². The van der Waals surface area contributed by atoms with Gasteiger partial charge in [-0.05, 0) is 6.92 Å². The zero-order valence-electron chi connectivity index (χ0n) is 16.6. The van der Waals surface area contributed by atoms with Crippen molar-refractivity contribution in [1.29, 1.82) is 0 Å². The molecule has 0 fully saturated rings. The topological polar surface area (TPSA) is 118 Å². The van der Waals surface area contributed by atoms with Crippen LogP contribution < -0.4 is 19.8 Å². The van der Waals surface area contributed by atoms with Crippen LogP contribution in [0.25, 0.3) is 10.9 Å². The van der Waals surface area contributed by atoms with E-state index in [0.29, 0.717) is 48.0 Å². The molecule has 2 aromatic heterocycles. The number of nitrogens with zero attached hydrogens (tertiary/aromatic N) is 3. The highest BCUT2D eigenvalue weighted by atomic mass is 16.5. The number of H-pyrrole nitrogens is 1. The van der Waals surface area contributed by atoms with E-state index in [1.54, 1.807) is 23.9 Å². The summed E-state index contributed by atoms with van der Waals surface area (Å²) in [6.07, 6.45) is 3.43. The predicted molar refractivity (Wildman–Crippen MR) is 104 cm³/mol. The highest BCUT2D eigenvalue weighted by Gasteiger charge is 2.20. The molecule has 0 aliphatic heterocycles. The van der Waals surface area contributed by atoms with Crippen molar-refractivity contribution in [2.45, 2.75) is 19.9 Å². The first-order valence-electron chi connectivity index (χ1n) is 8.93. The van der Waals surface area contributed by atoms with Gasteiger partial charge >= 0.3 is 5.97 Å². The number of esters is 1. The molecular weight excluding hydrogens is 380 g/mol. The summed E-state index contributed by atoms with van der Waals surface area (Å²) in [5.74, 6) is 1.03. The third-order valence-corrected chi connectivity index (χ3v) is 4.27. The Balaban J connectivity index is 1.90. The van der Waals surface area contributed by atoms with Crippen LogP contribution in [0, 0.1) is 0 Å². The molecule has 0 aliphatic rings. The molecule has 0 radical (unpaired) electrons. The summed E-state index contributed by atoms with van der Waals surface area (Å²) in [4.78, 5) is 31.7. The van der Waals surface area contributed by atoms with Crippen molar-refractivity contribution in [2.75, 3.05) is 27.9 Å². The number of fused-ring (bicyclic) bond motifs is 1. The van der Waals surface area contributed by atoms with Crippen LogP contribution in [0.5, 0.6) is 17.2 Å². The van der Waals surface area contributed by atoms with Crippen LogP contribution >= 0.6 is 0 Å². The first kappa shape index (κ1) is 20.2. The fourth-order valence-corrected chi connectivity index (χ4v) is 2.96. The molecule has 29 heavy (non-hydrogen) atoms. The number of rotatable bonds is 8. The number of carbonyl (C=O) groups is 1. The zero-order chi connectivity index (χ0) is 21.0. The molecule has 10 heteroatoms. The van der Waals surface area contributed by atoms with E-state index in [-0.39, 0.29) is 16.7 Å². The van der Waals surface area contributed by atoms with E-state index < -0.39 is 5.97 Å². The monoisotopic (exact) mass is 402 g/mol. The maximum Gasteiger partial charge on any atom is 0.341 e. The second-order valence-corrected chi connectivity index (χ2v) is 6.01. The molecule has 154 valence electrons. The van der Waals surface area contributed by atoms with Gasteiger partial charge in [0.1, 0.15) is 11.2 Å². The van der Waals surface area contributed by atoms with Gasteiger partial charge in [-0.3, -0.25) is 9.48 Å². The van der Waals surface area contributed by atoms with Crippen molar-refractivity contribution >= 4 is 16.9 Å². The summed E-state index contributed by atoms with van der Waals surface area (Å²) < 4.78 is 22.5. The number of hydrogen-bond donors (Lipinski definition) is 1. The van der Waals surface area contributed by atoms with Crippen molar-refractivity contribution in [3.63, 3.8) is 0 Å². The number of nitrogens with one attached hydrogen (secondary N) is 1. The zero-order valence-corrected chi connectivity index (χ0v) is 16.6. The number of hydrogen-bond acceptors (Lipinski definition) is 8. The van der Waals surface area contributed by atoms with Crippen molar-refractivity contribution in [3.8, 4) is 17.2 Å². The van der Waals surface area contributed by atoms with Crippen molar-refractivity contribution < 1.29 is 23.7 Å². The number of carbonyl (C=O) groups excluding carboxylic acids is 1. The van der Waals surface area contributed by atoms with Crippen LogP contribution in [-0.2, 0) is 17.7 Å². The van der Waals surface area contributed by atoms with Gasteiger partial charge in [-0.15, -0.1) is 0 Å². The molecule has 0 saturated heterocycles. The summed E-state index contributed by atoms with van der Waals surface area (Å²) in [7, 11) is 4.41. The lowest BCUT2D eigenvalue weighted by molar-refractivity contribution is 0.0526. The third kappa shape index (κ3) is 4.00. The van der Waals surface area contributed by atoms with E-state index in [2.05, 4.69) is 15.1 Å². The SMILES string of the molecule is CCOC(=O)c1cnn(CCc2nc3cc(OC)c(OC)c(OC)c3c(=O)[nH]2)c1. The molecule has 10 nitrogen and oxygen atoms in total. The van der Waals surface area contributed by atoms with Gasteiger partial charge in [0.05, 0.1) is 45.2 Å². The molecule has 2 heterocycles. The van der Waals surface area contributed by atoms with Gasteiger partial charge in [0.15, 0.2) is 11.5 Å². The Morgan fingerprint density at radius 1 is 1.17 bits per heavy atom. The lowest BCUT2D eigenvalue weighted by Gasteiger charge is -2.14. The first-order chi connectivity index (χ1) is 14.0. The normalized spacial score (nSPS) is 10.8. The number of aromatic nitrogens is 4. The highest BCUT2D eigenvalue weighted by molar-refractivity contribution is 5.90. The molecule has 0 saturated carbocycles. The van der Waals surface area contributed by atoms with Gasteiger partial charge in [0.2, 0.25) is 5.75 Å². The minimum atomic E-state index is -0.427. The quantitative estimate of drug-likeness (QED) is 0.564. The molecule has 0 unspecified atom stereocenters. The summed E-state index contributed by atoms with van der Waals surface area (Å²) in [6, 6.07) is 1.63. The van der Waals surface area contributed by atoms with Crippen LogP contribution in [-0.4, -0.2) is 53.7 Å². The second kappa shape index (κ2) is 8.63. The lowest BCUT2D eigenvalue weighted by atomic mass is 10.2. The first-order valence-corrected chi connectivity index (χ1v) is 8.93. The fourth-order valence-electron chi connectivity index (χ4n) is 2.96. The number of ether oxygens (including phenoxy) is 4. The van der Waals surface area contributed by atoms with Gasteiger partial charge in [-0.25, -0.2) is 9.78 Å². The summed E-state index contributed by atoms with van der Waals surface area (Å²) >= 11 is 0. The minimum Gasteiger partial charge on any atom is -0.493 e. The van der Waals surface area contributed by atoms with E-state index in [4.69, 9.17) is 18.9 Å². The van der Waals surface area contributed by atoms with Gasteiger partial charge in [-0.2, -0.15) is 5.10 Å². The van der Waals surface area contributed by atoms with Crippen LogP contribution in [0.15, 0.2) is 23.3 Å². The Hall–Kier alpha value is -3.56. The largest absolute Gasteiger partial charge is 0.493 e. The maximum absolute atomic E-state index is 12.7. The lowest BCUT2D eigenvalue weighted by Crippen LogP contribution is -2.15. The van der Waals surface area contributed by atoms with Crippen molar-refractivity contribution in [2.24, 2.45) is 0 Å². The Morgan fingerprint density at radius 2 is 1.93 bits per heavy atom. The van der Waals surface area contributed by atoms with Crippen LogP contribution in [0.2, 0.25) is 0 Å². The molecule has 0 spiro atoms. The highest BCUT2D eigenvalue weighted by Crippen LogP contribution is 2.41. The van der Waals surface area contributed by atoms with E-state index in [9.17, 15) is 9.59 Å². The van der Waals surface area contributed by atoms with Crippen LogP contribution in [0.3, 0.4) is 0 Å². The van der Waals surface area contributed by atoms with Crippen LogP contribution in [0.1, 0.15) is 23.1 Å². The average Bonchev–Trinajstić information content (AvgIpc) is 3.20. The molecular formula is C19H22N4O6. The molecule has 3 aromatic rings. The Bertz CT molecular complexity index is 1090. The number of methoxy groups -OCH3 is 3. The van der Waals surface area contributed by atoms with E-state index >= 15 is 0 Å². The average molecular weight is 402 g/mol. The summed E-state index contributed by atoms with van der Waals surface area (Å²) in [5.41, 5.74) is 0.440. The molecule has 0 aliphatic carbocycles. The molecule has 3 rings (SSSR count). The van der Waals surface area contributed by atoms with Crippen LogP contribution in [0.4, 0.5) is 0 Å². The molecule has 0 bridgehead atoms. The van der Waals surface area contributed by atoms with Gasteiger partial charge in [0, 0.05) is 25.2 Å². The van der Waals surface area contributed by atoms with Gasteiger partial charge < -0.3 is 23.9 Å². The third-order valence-electron chi connectivity index (χ3n) is 4.27. The molecule has 0 atom stereocenters. The van der Waals surface area contributed by atoms with Gasteiger partial charge in [-0.1, -0.05) is 0 Å². The molecule has 1 aromatic carbocycles. The summed E-state index contributed by atoms with van der Waals surface area (Å²) in [5, 5.41) is 4.41. The molecule has 0 amide bonds. The minimum absolute atomic E-state index is 0.258. The van der Waals surface area contributed by atoms with E-state index in [0.717, 1.165) is 0 Å². The number of aryl methyl sites for hydroxylation is 2.